The van der Waals surface area contributed by atoms with Crippen LogP contribution in [0.25, 0.3) is 5.69 Å². The second-order valence-corrected chi connectivity index (χ2v) is 7.87. The van der Waals surface area contributed by atoms with Crippen LogP contribution in [0.5, 0.6) is 11.5 Å². The Balaban J connectivity index is 1.58. The van der Waals surface area contributed by atoms with Gasteiger partial charge in [-0.25, -0.2) is 4.68 Å². The van der Waals surface area contributed by atoms with Gasteiger partial charge in [0.15, 0.2) is 17.2 Å². The van der Waals surface area contributed by atoms with Gasteiger partial charge in [-0.05, 0) is 49.6 Å². The second kappa shape index (κ2) is 8.18. The van der Waals surface area contributed by atoms with E-state index in [0.29, 0.717) is 30.4 Å². The summed E-state index contributed by atoms with van der Waals surface area (Å²) in [6.45, 7) is 9.09. The van der Waals surface area contributed by atoms with Crippen LogP contribution >= 0.6 is 0 Å². The Morgan fingerprint density at radius 2 is 1.73 bits per heavy atom. The number of carbonyl (C=O) groups is 1. The molecule has 30 heavy (non-hydrogen) atoms. The Morgan fingerprint density at radius 3 is 2.43 bits per heavy atom. The van der Waals surface area contributed by atoms with E-state index in [1.165, 1.54) is 0 Å². The van der Waals surface area contributed by atoms with Crippen LogP contribution in [0.2, 0.25) is 0 Å². The number of aryl methyl sites for hydroxylation is 1. The van der Waals surface area contributed by atoms with Crippen molar-refractivity contribution in [3.05, 3.63) is 65.0 Å². The number of hydrogen-bond acceptors (Lipinski definition) is 5. The minimum Gasteiger partial charge on any atom is -0.486 e. The fourth-order valence-electron chi connectivity index (χ4n) is 3.57. The van der Waals surface area contributed by atoms with Crippen LogP contribution in [0.1, 0.15) is 47.2 Å². The normalized spacial score (nSPS) is 13.9. The fourth-order valence-corrected chi connectivity index (χ4v) is 3.57. The number of amides is 1. The summed E-state index contributed by atoms with van der Waals surface area (Å²) < 4.78 is 13.0. The Morgan fingerprint density at radius 1 is 1.03 bits per heavy atom. The summed E-state index contributed by atoms with van der Waals surface area (Å²) in [5, 5.41) is 11.5. The summed E-state index contributed by atoms with van der Waals surface area (Å²) in [5.74, 6) is 1.36. The molecule has 2 aromatic carbocycles. The van der Waals surface area contributed by atoms with Gasteiger partial charge in [-0.15, -0.1) is 5.10 Å². The standard InChI is InChI=1S/C23H26N4O3/c1-14(2)21(17-7-10-19-20(13-17)30-12-11-29-19)24-23(28)22-16(4)27(26-25-22)18-8-5-15(3)6-9-18/h5-10,13-14,21H,11-12H2,1-4H3,(H,24,28). The third-order valence-corrected chi connectivity index (χ3v) is 5.27. The molecule has 0 bridgehead atoms. The summed E-state index contributed by atoms with van der Waals surface area (Å²) in [6, 6.07) is 13.5. The zero-order valence-corrected chi connectivity index (χ0v) is 17.7. The summed E-state index contributed by atoms with van der Waals surface area (Å²) in [5.41, 5.74) is 4.01. The van der Waals surface area contributed by atoms with Gasteiger partial charge in [0.05, 0.1) is 17.4 Å². The molecule has 1 unspecified atom stereocenters. The summed E-state index contributed by atoms with van der Waals surface area (Å²) in [4.78, 5) is 13.1. The van der Waals surface area contributed by atoms with Crippen molar-refractivity contribution in [1.29, 1.82) is 0 Å². The number of carbonyl (C=O) groups excluding carboxylic acids is 1. The molecule has 156 valence electrons. The molecule has 1 amide bonds. The largest absolute Gasteiger partial charge is 0.486 e. The molecule has 0 saturated carbocycles. The zero-order chi connectivity index (χ0) is 21.3. The number of rotatable bonds is 5. The van der Waals surface area contributed by atoms with Gasteiger partial charge in [-0.1, -0.05) is 42.8 Å². The first-order chi connectivity index (χ1) is 14.4. The van der Waals surface area contributed by atoms with E-state index in [-0.39, 0.29) is 17.9 Å². The molecule has 2 heterocycles. The number of nitrogens with one attached hydrogen (secondary N) is 1. The average molecular weight is 406 g/mol. The van der Waals surface area contributed by atoms with Crippen LogP contribution in [0.15, 0.2) is 42.5 Å². The maximum atomic E-state index is 13.1. The number of ether oxygens (including phenoxy) is 2. The molecule has 0 saturated heterocycles. The molecule has 0 radical (unpaired) electrons. The maximum Gasteiger partial charge on any atom is 0.274 e. The lowest BCUT2D eigenvalue weighted by Gasteiger charge is -2.25. The Labute approximate surface area is 176 Å². The summed E-state index contributed by atoms with van der Waals surface area (Å²) in [7, 11) is 0. The van der Waals surface area contributed by atoms with Crippen molar-refractivity contribution in [2.75, 3.05) is 13.2 Å². The Bertz CT molecular complexity index is 1060. The maximum absolute atomic E-state index is 13.1. The molecular weight excluding hydrogens is 380 g/mol. The van der Waals surface area contributed by atoms with Crippen molar-refractivity contribution in [2.24, 2.45) is 5.92 Å². The van der Waals surface area contributed by atoms with Crippen LogP contribution in [0.3, 0.4) is 0 Å². The highest BCUT2D eigenvalue weighted by Gasteiger charge is 2.25. The predicted octanol–water partition coefficient (Wildman–Crippen LogP) is 3.78. The van der Waals surface area contributed by atoms with Crippen LogP contribution in [-0.2, 0) is 0 Å². The lowest BCUT2D eigenvalue weighted by molar-refractivity contribution is 0.0919. The van der Waals surface area contributed by atoms with Gasteiger partial charge in [0.25, 0.3) is 5.91 Å². The van der Waals surface area contributed by atoms with E-state index in [2.05, 4.69) is 29.5 Å². The van der Waals surface area contributed by atoms with E-state index in [1.807, 2.05) is 56.3 Å². The molecule has 1 aliphatic rings. The molecule has 7 nitrogen and oxygen atoms in total. The lowest BCUT2D eigenvalue weighted by atomic mass is 9.95. The van der Waals surface area contributed by atoms with Crippen molar-refractivity contribution < 1.29 is 14.3 Å². The van der Waals surface area contributed by atoms with Crippen LogP contribution in [0.4, 0.5) is 0 Å². The highest BCUT2D eigenvalue weighted by Crippen LogP contribution is 2.34. The molecule has 0 aliphatic carbocycles. The predicted molar refractivity (Wildman–Crippen MR) is 113 cm³/mol. The molecule has 1 aromatic heterocycles. The molecule has 1 N–H and O–H groups in total. The van der Waals surface area contributed by atoms with Crippen molar-refractivity contribution in [2.45, 2.75) is 33.7 Å². The molecular formula is C23H26N4O3. The third-order valence-electron chi connectivity index (χ3n) is 5.27. The van der Waals surface area contributed by atoms with E-state index in [1.54, 1.807) is 4.68 Å². The van der Waals surface area contributed by atoms with Gasteiger partial charge < -0.3 is 14.8 Å². The minimum atomic E-state index is -0.251. The van der Waals surface area contributed by atoms with E-state index in [9.17, 15) is 4.79 Å². The van der Waals surface area contributed by atoms with Gasteiger partial charge in [0.1, 0.15) is 13.2 Å². The van der Waals surface area contributed by atoms with Crippen LogP contribution < -0.4 is 14.8 Å². The second-order valence-electron chi connectivity index (χ2n) is 7.87. The summed E-state index contributed by atoms with van der Waals surface area (Å²) in [6.07, 6.45) is 0. The molecule has 0 fully saturated rings. The molecule has 4 rings (SSSR count). The summed E-state index contributed by atoms with van der Waals surface area (Å²) >= 11 is 0. The quantitative estimate of drug-likeness (QED) is 0.698. The van der Waals surface area contributed by atoms with Gasteiger partial charge in [0, 0.05) is 0 Å². The fraction of sp³-hybridized carbons (Fsp3) is 0.348. The number of aromatic nitrogens is 3. The molecule has 1 atom stereocenters. The van der Waals surface area contributed by atoms with Crippen molar-refractivity contribution in [3.8, 4) is 17.2 Å². The first kappa shape index (κ1) is 19.9. The van der Waals surface area contributed by atoms with Crippen LogP contribution in [0, 0.1) is 19.8 Å². The van der Waals surface area contributed by atoms with Crippen molar-refractivity contribution >= 4 is 5.91 Å². The van der Waals surface area contributed by atoms with Crippen molar-refractivity contribution in [3.63, 3.8) is 0 Å². The Kier molecular flexibility index (Phi) is 5.44. The SMILES string of the molecule is Cc1ccc(-n2nnc(C(=O)NC(c3ccc4c(c3)OCCO4)C(C)C)c2C)cc1. The average Bonchev–Trinajstić information content (AvgIpc) is 3.13. The third kappa shape index (κ3) is 3.87. The van der Waals surface area contributed by atoms with Crippen molar-refractivity contribution in [1.82, 2.24) is 20.3 Å². The van der Waals surface area contributed by atoms with Gasteiger partial charge in [-0.3, -0.25) is 4.79 Å². The topological polar surface area (TPSA) is 78.3 Å². The van der Waals surface area contributed by atoms with Gasteiger partial charge in [0.2, 0.25) is 0 Å². The van der Waals surface area contributed by atoms with Gasteiger partial charge >= 0.3 is 0 Å². The van der Waals surface area contributed by atoms with E-state index < -0.39 is 0 Å². The highest BCUT2D eigenvalue weighted by atomic mass is 16.6. The monoisotopic (exact) mass is 406 g/mol. The van der Waals surface area contributed by atoms with Crippen LogP contribution in [-0.4, -0.2) is 34.1 Å². The number of hydrogen-bond donors (Lipinski definition) is 1. The van der Waals surface area contributed by atoms with E-state index >= 15 is 0 Å². The van der Waals surface area contributed by atoms with Gasteiger partial charge in [-0.2, -0.15) is 0 Å². The zero-order valence-electron chi connectivity index (χ0n) is 17.7. The number of fused-ring (bicyclic) bond motifs is 1. The smallest absolute Gasteiger partial charge is 0.274 e. The molecule has 7 heteroatoms. The first-order valence-corrected chi connectivity index (χ1v) is 10.1. The minimum absolute atomic E-state index is 0.170. The molecule has 0 spiro atoms. The van der Waals surface area contributed by atoms with E-state index in [0.717, 1.165) is 22.6 Å². The number of nitrogens with zero attached hydrogens (tertiary/aromatic N) is 3. The first-order valence-electron chi connectivity index (χ1n) is 10.1. The molecule has 1 aliphatic heterocycles. The Hall–Kier alpha value is -3.35. The van der Waals surface area contributed by atoms with E-state index in [4.69, 9.17) is 9.47 Å². The molecule has 3 aromatic rings. The lowest BCUT2D eigenvalue weighted by Crippen LogP contribution is -2.32. The highest BCUT2D eigenvalue weighted by molar-refractivity contribution is 5.93. The number of benzene rings is 2.